The minimum atomic E-state index is -0.148. The molecule has 2 N–H and O–H groups in total. The monoisotopic (exact) mass is 639 g/mol. The Morgan fingerprint density at radius 3 is 2.24 bits per heavy atom. The summed E-state index contributed by atoms with van der Waals surface area (Å²) in [6.07, 6.45) is 26.3. The molecule has 0 bridgehead atoms. The third-order valence-electron chi connectivity index (χ3n) is 12.3. The lowest BCUT2D eigenvalue weighted by molar-refractivity contribution is -0.156. The highest BCUT2D eigenvalue weighted by molar-refractivity contribution is 5.86. The molecule has 6 rings (SSSR count). The number of carbonyl (C=O) groups is 1. The number of aliphatic imine (C=N–C) groups is 2. The standard InChI is InChI=1S/C38H66N6O2/c1-5-6-7-8-11-14-18-30-25-33-21-22-34-35(28(4)40-38(42-30)44(33)34)36(45)46-27(3)16-13-10-9-12-15-17-29-24-32-20-19-31-23-26(2)39-37(41-29)43(31)32/h26-35H,5-25H2,1-4H3,(H,39,41)(H,40,42)/t26-,27+,28+,29+,30+,31+,32-,33-,34-,35-/m0/s1. The van der Waals surface area contributed by atoms with Gasteiger partial charge in [0.1, 0.15) is 0 Å². The molecule has 10 atom stereocenters. The van der Waals surface area contributed by atoms with Crippen molar-refractivity contribution < 1.29 is 9.53 Å². The molecule has 4 saturated heterocycles. The topological polar surface area (TPSA) is 81.6 Å². The predicted molar refractivity (Wildman–Crippen MR) is 188 cm³/mol. The zero-order chi connectivity index (χ0) is 32.0. The van der Waals surface area contributed by atoms with Crippen LogP contribution in [0.2, 0.25) is 0 Å². The molecule has 46 heavy (non-hydrogen) atoms. The lowest BCUT2D eigenvalue weighted by Crippen LogP contribution is -2.63. The quantitative estimate of drug-likeness (QED) is 0.128. The van der Waals surface area contributed by atoms with Crippen LogP contribution in [-0.2, 0) is 9.53 Å². The number of guanidine groups is 2. The van der Waals surface area contributed by atoms with Gasteiger partial charge in [-0.2, -0.15) is 0 Å². The minimum absolute atomic E-state index is 0.0225. The second-order valence-electron chi connectivity index (χ2n) is 16.1. The van der Waals surface area contributed by atoms with Gasteiger partial charge in [-0.3, -0.25) is 4.79 Å². The summed E-state index contributed by atoms with van der Waals surface area (Å²) in [6, 6.07) is 3.76. The molecule has 0 spiro atoms. The highest BCUT2D eigenvalue weighted by atomic mass is 16.5. The van der Waals surface area contributed by atoms with E-state index in [-0.39, 0.29) is 30.1 Å². The van der Waals surface area contributed by atoms with Crippen molar-refractivity contribution in [2.75, 3.05) is 0 Å². The SMILES string of the molecule is CCCCCCCC[C@@H]1C[C@@H]2CC[C@H]3[C@@H](C(=O)O[C@H](C)CCCCCCC[C@@H]4C[C@@H]5CC[C@@H]6C[C@H](C)NC(=N4)N65)[C@@H](C)N=C(N1)N23. The van der Waals surface area contributed by atoms with Crippen molar-refractivity contribution in [2.24, 2.45) is 15.9 Å². The van der Waals surface area contributed by atoms with Crippen LogP contribution in [0, 0.1) is 5.92 Å². The van der Waals surface area contributed by atoms with E-state index >= 15 is 0 Å². The van der Waals surface area contributed by atoms with Crippen LogP contribution in [0.25, 0.3) is 0 Å². The number of hydrogen-bond donors (Lipinski definition) is 2. The molecule has 8 nitrogen and oxygen atoms in total. The van der Waals surface area contributed by atoms with Crippen LogP contribution >= 0.6 is 0 Å². The van der Waals surface area contributed by atoms with Crippen LogP contribution in [0.1, 0.15) is 163 Å². The molecule has 6 aliphatic rings. The normalized spacial score (nSPS) is 35.0. The minimum Gasteiger partial charge on any atom is -0.462 e. The Balaban J connectivity index is 0.867. The van der Waals surface area contributed by atoms with Gasteiger partial charge in [0.15, 0.2) is 11.9 Å². The van der Waals surface area contributed by atoms with Gasteiger partial charge in [0.05, 0.1) is 24.1 Å². The molecule has 0 aromatic carbocycles. The van der Waals surface area contributed by atoms with Gasteiger partial charge in [-0.1, -0.05) is 71.1 Å². The first-order chi connectivity index (χ1) is 22.4. The van der Waals surface area contributed by atoms with Gasteiger partial charge in [0.25, 0.3) is 0 Å². The first kappa shape index (κ1) is 33.9. The van der Waals surface area contributed by atoms with E-state index in [0.29, 0.717) is 24.2 Å². The molecule has 0 saturated carbocycles. The highest BCUT2D eigenvalue weighted by Crippen LogP contribution is 2.40. The van der Waals surface area contributed by atoms with Gasteiger partial charge in [-0.05, 0) is 91.4 Å². The number of unbranched alkanes of at least 4 members (excludes halogenated alkanes) is 9. The molecule has 4 fully saturated rings. The number of rotatable bonds is 17. The van der Waals surface area contributed by atoms with Gasteiger partial charge >= 0.3 is 5.97 Å². The van der Waals surface area contributed by atoms with E-state index in [1.807, 2.05) is 0 Å². The maximum Gasteiger partial charge on any atom is 0.313 e. The van der Waals surface area contributed by atoms with Gasteiger partial charge < -0.3 is 25.2 Å². The zero-order valence-corrected chi connectivity index (χ0v) is 29.7. The Labute approximate surface area is 280 Å². The molecule has 0 aromatic rings. The van der Waals surface area contributed by atoms with Gasteiger partial charge in [-0.15, -0.1) is 0 Å². The molecule has 0 aliphatic carbocycles. The Hall–Kier alpha value is -1.99. The van der Waals surface area contributed by atoms with E-state index < -0.39 is 0 Å². The molecule has 260 valence electrons. The molecule has 0 radical (unpaired) electrons. The Bertz CT molecular complexity index is 1060. The lowest BCUT2D eigenvalue weighted by atomic mass is 9.89. The molecular weight excluding hydrogens is 572 g/mol. The summed E-state index contributed by atoms with van der Waals surface area (Å²) >= 11 is 0. The fourth-order valence-electron chi connectivity index (χ4n) is 9.92. The number of hydrogen-bond acceptors (Lipinski definition) is 8. The van der Waals surface area contributed by atoms with E-state index in [1.54, 1.807) is 0 Å². The van der Waals surface area contributed by atoms with Crippen molar-refractivity contribution in [3.63, 3.8) is 0 Å². The molecule has 0 aromatic heterocycles. The summed E-state index contributed by atoms with van der Waals surface area (Å²) in [6.45, 7) is 8.80. The van der Waals surface area contributed by atoms with Crippen LogP contribution < -0.4 is 10.6 Å². The van der Waals surface area contributed by atoms with E-state index in [2.05, 4.69) is 48.1 Å². The second kappa shape index (κ2) is 15.9. The fraction of sp³-hybridized carbons (Fsp3) is 0.921. The second-order valence-corrected chi connectivity index (χ2v) is 16.1. The van der Waals surface area contributed by atoms with Crippen molar-refractivity contribution in [1.82, 2.24) is 20.4 Å². The molecule has 6 aliphatic heterocycles. The smallest absolute Gasteiger partial charge is 0.313 e. The molecule has 0 unspecified atom stereocenters. The summed E-state index contributed by atoms with van der Waals surface area (Å²) in [7, 11) is 0. The first-order valence-electron chi connectivity index (χ1n) is 19.9. The van der Waals surface area contributed by atoms with Gasteiger partial charge in [-0.25, -0.2) is 9.98 Å². The summed E-state index contributed by atoms with van der Waals surface area (Å²) in [5.74, 6) is 2.09. The summed E-state index contributed by atoms with van der Waals surface area (Å²) < 4.78 is 6.11. The largest absolute Gasteiger partial charge is 0.462 e. The predicted octanol–water partition coefficient (Wildman–Crippen LogP) is 7.31. The molecule has 8 heteroatoms. The lowest BCUT2D eigenvalue weighted by Gasteiger charge is -2.47. The van der Waals surface area contributed by atoms with Crippen LogP contribution in [0.15, 0.2) is 9.98 Å². The molecule has 6 heterocycles. The molecular formula is C38H66N6O2. The summed E-state index contributed by atoms with van der Waals surface area (Å²) in [5.41, 5.74) is 0. The van der Waals surface area contributed by atoms with E-state index in [4.69, 9.17) is 14.7 Å². The van der Waals surface area contributed by atoms with Crippen molar-refractivity contribution in [3.8, 4) is 0 Å². The third-order valence-corrected chi connectivity index (χ3v) is 12.3. The fourth-order valence-corrected chi connectivity index (χ4v) is 9.92. The van der Waals surface area contributed by atoms with Crippen LogP contribution in [0.4, 0.5) is 0 Å². The summed E-state index contributed by atoms with van der Waals surface area (Å²) in [4.78, 5) is 28.8. The van der Waals surface area contributed by atoms with E-state index in [0.717, 1.165) is 37.3 Å². The Morgan fingerprint density at radius 2 is 1.43 bits per heavy atom. The Morgan fingerprint density at radius 1 is 0.783 bits per heavy atom. The summed E-state index contributed by atoms with van der Waals surface area (Å²) in [5, 5.41) is 7.46. The number of ether oxygens (including phenoxy) is 1. The average molecular weight is 639 g/mol. The third kappa shape index (κ3) is 7.99. The van der Waals surface area contributed by atoms with Gasteiger partial charge in [0, 0.05) is 36.3 Å². The number of esters is 1. The van der Waals surface area contributed by atoms with Crippen molar-refractivity contribution in [3.05, 3.63) is 0 Å². The van der Waals surface area contributed by atoms with Crippen molar-refractivity contribution in [1.29, 1.82) is 0 Å². The Kier molecular flexibility index (Phi) is 11.7. The number of nitrogens with zero attached hydrogens (tertiary/aromatic N) is 4. The maximum atomic E-state index is 13.5. The van der Waals surface area contributed by atoms with Crippen LogP contribution in [-0.4, -0.2) is 82.1 Å². The number of nitrogens with one attached hydrogen (secondary N) is 2. The van der Waals surface area contributed by atoms with Crippen molar-refractivity contribution in [2.45, 2.75) is 217 Å². The highest BCUT2D eigenvalue weighted by Gasteiger charge is 2.51. The van der Waals surface area contributed by atoms with E-state index in [1.165, 1.54) is 122 Å². The average Bonchev–Trinajstić information content (AvgIpc) is 3.63. The van der Waals surface area contributed by atoms with Crippen LogP contribution in [0.3, 0.4) is 0 Å². The first-order valence-corrected chi connectivity index (χ1v) is 19.9. The zero-order valence-electron chi connectivity index (χ0n) is 29.7. The van der Waals surface area contributed by atoms with Crippen LogP contribution in [0.5, 0.6) is 0 Å². The van der Waals surface area contributed by atoms with E-state index in [9.17, 15) is 4.79 Å². The van der Waals surface area contributed by atoms with Gasteiger partial charge in [0.2, 0.25) is 0 Å². The maximum absolute atomic E-state index is 13.5. The molecule has 0 amide bonds. The number of carbonyl (C=O) groups excluding carboxylic acids is 1. The van der Waals surface area contributed by atoms with Crippen molar-refractivity contribution >= 4 is 17.9 Å².